The molecule has 0 spiro atoms. The minimum absolute atomic E-state index is 0.0381. The highest BCUT2D eigenvalue weighted by Crippen LogP contribution is 2.26. The van der Waals surface area contributed by atoms with E-state index in [4.69, 9.17) is 4.74 Å². The number of hydrogen-bond acceptors (Lipinski definition) is 3. The van der Waals surface area contributed by atoms with Crippen LogP contribution in [0.3, 0.4) is 0 Å². The second-order valence-electron chi connectivity index (χ2n) is 9.22. The van der Waals surface area contributed by atoms with Gasteiger partial charge in [0.05, 0.1) is 6.04 Å². The maximum atomic E-state index is 12.4. The average molecular weight is 409 g/mol. The van der Waals surface area contributed by atoms with Crippen molar-refractivity contribution >= 4 is 5.91 Å². The zero-order valence-electron chi connectivity index (χ0n) is 18.9. The summed E-state index contributed by atoms with van der Waals surface area (Å²) in [5.41, 5.74) is 3.97. The zero-order chi connectivity index (χ0) is 21.6. The molecule has 0 bridgehead atoms. The Labute approximate surface area is 181 Å². The first kappa shape index (κ1) is 22.4. The lowest BCUT2D eigenvalue weighted by Crippen LogP contribution is -2.38. The molecule has 162 valence electrons. The van der Waals surface area contributed by atoms with Crippen LogP contribution in [0.2, 0.25) is 0 Å². The van der Waals surface area contributed by atoms with E-state index >= 15 is 0 Å². The molecule has 4 nitrogen and oxygen atoms in total. The highest BCUT2D eigenvalue weighted by atomic mass is 16.5. The van der Waals surface area contributed by atoms with Gasteiger partial charge in [-0.15, -0.1) is 0 Å². The smallest absolute Gasteiger partial charge is 0.258 e. The maximum absolute atomic E-state index is 12.4. The summed E-state index contributed by atoms with van der Waals surface area (Å²) in [7, 11) is 0. The quantitative estimate of drug-likeness (QED) is 0.677. The molecule has 1 atom stereocenters. The number of carbonyl (C=O) groups is 1. The van der Waals surface area contributed by atoms with E-state index in [2.05, 4.69) is 74.3 Å². The first-order chi connectivity index (χ1) is 14.4. The van der Waals surface area contributed by atoms with Crippen LogP contribution in [0, 0.1) is 0 Å². The third-order valence-electron chi connectivity index (χ3n) is 5.94. The minimum atomic E-state index is -0.0794. The second kappa shape index (κ2) is 10.1. The summed E-state index contributed by atoms with van der Waals surface area (Å²) in [5, 5.41) is 3.09. The highest BCUT2D eigenvalue weighted by Gasteiger charge is 2.24. The molecule has 1 aliphatic heterocycles. The normalized spacial score (nSPS) is 15.7. The summed E-state index contributed by atoms with van der Waals surface area (Å²) in [4.78, 5) is 14.9. The number of likely N-dealkylation sites (tertiary alicyclic amines) is 1. The van der Waals surface area contributed by atoms with E-state index in [0.717, 1.165) is 25.3 Å². The van der Waals surface area contributed by atoms with Crippen LogP contribution >= 0.6 is 0 Å². The van der Waals surface area contributed by atoms with Crippen molar-refractivity contribution in [1.82, 2.24) is 10.2 Å². The van der Waals surface area contributed by atoms with Crippen molar-refractivity contribution in [2.75, 3.05) is 26.2 Å². The summed E-state index contributed by atoms with van der Waals surface area (Å²) in [6, 6.07) is 17.0. The van der Waals surface area contributed by atoms with Gasteiger partial charge in [0, 0.05) is 6.54 Å². The van der Waals surface area contributed by atoms with Crippen molar-refractivity contribution in [1.29, 1.82) is 0 Å². The van der Waals surface area contributed by atoms with E-state index < -0.39 is 0 Å². The molecule has 3 rings (SSSR count). The molecule has 30 heavy (non-hydrogen) atoms. The molecule has 1 saturated heterocycles. The number of nitrogens with one attached hydrogen (secondary N) is 1. The Morgan fingerprint density at radius 1 is 1.03 bits per heavy atom. The van der Waals surface area contributed by atoms with E-state index in [0.29, 0.717) is 6.54 Å². The molecule has 4 heteroatoms. The summed E-state index contributed by atoms with van der Waals surface area (Å²) >= 11 is 0. The van der Waals surface area contributed by atoms with Crippen LogP contribution in [0.1, 0.15) is 63.3 Å². The topological polar surface area (TPSA) is 41.6 Å². The third kappa shape index (κ3) is 6.09. The zero-order valence-corrected chi connectivity index (χ0v) is 18.9. The number of rotatable bonds is 8. The van der Waals surface area contributed by atoms with Crippen LogP contribution in [0.5, 0.6) is 5.75 Å². The van der Waals surface area contributed by atoms with Gasteiger partial charge in [-0.2, -0.15) is 0 Å². The molecule has 0 aliphatic carbocycles. The fourth-order valence-electron chi connectivity index (χ4n) is 3.95. The molecular formula is C26H36N2O2. The molecular weight excluding hydrogens is 372 g/mol. The summed E-state index contributed by atoms with van der Waals surface area (Å²) in [6.07, 6.45) is 3.50. The second-order valence-corrected chi connectivity index (χ2v) is 9.22. The van der Waals surface area contributed by atoms with Crippen molar-refractivity contribution in [2.24, 2.45) is 0 Å². The van der Waals surface area contributed by atoms with Crippen molar-refractivity contribution in [3.63, 3.8) is 0 Å². The SMILES string of the molecule is CCc1ccc([C@@H](CNC(=O)COc2ccc(C(C)(C)C)cc2)N2CCCC2)cc1. The van der Waals surface area contributed by atoms with Crippen molar-refractivity contribution in [3.05, 3.63) is 65.2 Å². The Morgan fingerprint density at radius 3 is 2.23 bits per heavy atom. The maximum Gasteiger partial charge on any atom is 0.258 e. The van der Waals surface area contributed by atoms with E-state index in [-0.39, 0.29) is 24.0 Å². The van der Waals surface area contributed by atoms with Crippen molar-refractivity contribution in [3.8, 4) is 5.75 Å². The lowest BCUT2D eigenvalue weighted by molar-refractivity contribution is -0.123. The molecule has 1 N–H and O–H groups in total. The fraction of sp³-hybridized carbons (Fsp3) is 0.500. The van der Waals surface area contributed by atoms with Gasteiger partial charge < -0.3 is 10.1 Å². The molecule has 1 aliphatic rings. The molecule has 0 radical (unpaired) electrons. The summed E-state index contributed by atoms with van der Waals surface area (Å²) in [6.45, 7) is 11.5. The fourth-order valence-corrected chi connectivity index (χ4v) is 3.95. The van der Waals surface area contributed by atoms with Crippen LogP contribution in [-0.4, -0.2) is 37.0 Å². The van der Waals surface area contributed by atoms with Gasteiger partial charge in [-0.25, -0.2) is 0 Å². The molecule has 0 aromatic heterocycles. The van der Waals surface area contributed by atoms with Crippen molar-refractivity contribution < 1.29 is 9.53 Å². The summed E-state index contributed by atoms with van der Waals surface area (Å²) < 4.78 is 5.70. The molecule has 2 aromatic carbocycles. The lowest BCUT2D eigenvalue weighted by Gasteiger charge is -2.28. The van der Waals surface area contributed by atoms with Gasteiger partial charge >= 0.3 is 0 Å². The Balaban J connectivity index is 1.54. The third-order valence-corrected chi connectivity index (χ3v) is 5.94. The van der Waals surface area contributed by atoms with Crippen molar-refractivity contribution in [2.45, 2.75) is 58.4 Å². The standard InChI is InChI=1S/C26H36N2O2/c1-5-20-8-10-21(11-9-20)24(28-16-6-7-17-28)18-27-25(29)19-30-23-14-12-22(13-15-23)26(2,3)4/h8-15,24H,5-7,16-19H2,1-4H3,(H,27,29)/t24-/m1/s1. The molecule has 2 aromatic rings. The first-order valence-corrected chi connectivity index (χ1v) is 11.2. The van der Waals surface area contributed by atoms with Crippen LogP contribution in [0.25, 0.3) is 0 Å². The minimum Gasteiger partial charge on any atom is -0.484 e. The lowest BCUT2D eigenvalue weighted by atomic mass is 9.87. The Kier molecular flexibility index (Phi) is 7.54. The van der Waals surface area contributed by atoms with E-state index in [9.17, 15) is 4.79 Å². The Hall–Kier alpha value is -2.33. The van der Waals surface area contributed by atoms with Gasteiger partial charge in [-0.1, -0.05) is 64.1 Å². The molecule has 1 heterocycles. The Morgan fingerprint density at radius 2 is 1.67 bits per heavy atom. The Bertz CT molecular complexity index is 800. The number of amides is 1. The van der Waals surface area contributed by atoms with Crippen LogP contribution in [-0.2, 0) is 16.6 Å². The number of benzene rings is 2. The van der Waals surface area contributed by atoms with Crippen LogP contribution in [0.15, 0.2) is 48.5 Å². The highest BCUT2D eigenvalue weighted by molar-refractivity contribution is 5.77. The number of carbonyl (C=O) groups excluding carboxylic acids is 1. The van der Waals surface area contributed by atoms with Crippen LogP contribution in [0.4, 0.5) is 0 Å². The average Bonchev–Trinajstić information content (AvgIpc) is 3.27. The predicted molar refractivity (Wildman–Crippen MR) is 123 cm³/mol. The van der Waals surface area contributed by atoms with Gasteiger partial charge in [0.15, 0.2) is 6.61 Å². The number of ether oxygens (including phenoxy) is 1. The van der Waals surface area contributed by atoms with Gasteiger partial charge in [0.2, 0.25) is 0 Å². The first-order valence-electron chi connectivity index (χ1n) is 11.2. The molecule has 0 saturated carbocycles. The largest absolute Gasteiger partial charge is 0.484 e. The molecule has 1 fully saturated rings. The van der Waals surface area contributed by atoms with Gasteiger partial charge in [0.1, 0.15) is 5.75 Å². The predicted octanol–water partition coefficient (Wildman–Crippen LogP) is 4.88. The van der Waals surface area contributed by atoms with E-state index in [1.54, 1.807) is 0 Å². The monoisotopic (exact) mass is 408 g/mol. The number of aryl methyl sites for hydroxylation is 1. The number of hydrogen-bond donors (Lipinski definition) is 1. The molecule has 1 amide bonds. The summed E-state index contributed by atoms with van der Waals surface area (Å²) in [5.74, 6) is 0.647. The van der Waals surface area contributed by atoms with Gasteiger partial charge in [-0.3, -0.25) is 9.69 Å². The van der Waals surface area contributed by atoms with Gasteiger partial charge in [0.25, 0.3) is 5.91 Å². The van der Waals surface area contributed by atoms with Gasteiger partial charge in [-0.05, 0) is 66.6 Å². The molecule has 0 unspecified atom stereocenters. The van der Waals surface area contributed by atoms with E-state index in [1.165, 1.54) is 29.5 Å². The number of nitrogens with zero attached hydrogens (tertiary/aromatic N) is 1. The van der Waals surface area contributed by atoms with E-state index in [1.807, 2.05) is 12.1 Å². The van der Waals surface area contributed by atoms with Crippen LogP contribution < -0.4 is 10.1 Å².